The summed E-state index contributed by atoms with van der Waals surface area (Å²) in [5.41, 5.74) is 0. The monoisotopic (exact) mass is 180 g/mol. The Bertz CT molecular complexity index is 171. The molecule has 0 amide bonds. The van der Waals surface area contributed by atoms with Gasteiger partial charge in [0.1, 0.15) is 0 Å². The zero-order chi connectivity index (χ0) is 9.42. The molecule has 2 bridgehead atoms. The Kier molecular flexibility index (Phi) is 2.67. The molecular formula is C13H24. The fourth-order valence-corrected chi connectivity index (χ4v) is 3.97. The van der Waals surface area contributed by atoms with Crippen molar-refractivity contribution in [2.45, 2.75) is 52.9 Å². The molecule has 2 aliphatic carbocycles. The van der Waals surface area contributed by atoms with Crippen LogP contribution in [-0.4, -0.2) is 0 Å². The lowest BCUT2D eigenvalue weighted by molar-refractivity contribution is 0.198. The van der Waals surface area contributed by atoms with E-state index < -0.39 is 0 Å². The molecule has 2 aliphatic rings. The Morgan fingerprint density at radius 1 is 1.15 bits per heavy atom. The van der Waals surface area contributed by atoms with Gasteiger partial charge in [0.05, 0.1) is 0 Å². The van der Waals surface area contributed by atoms with Gasteiger partial charge in [-0.3, -0.25) is 0 Å². The van der Waals surface area contributed by atoms with Crippen molar-refractivity contribution in [3.63, 3.8) is 0 Å². The van der Waals surface area contributed by atoms with Gasteiger partial charge in [-0.25, -0.2) is 0 Å². The third-order valence-electron chi connectivity index (χ3n) is 4.74. The average Bonchev–Trinajstić information content (AvgIpc) is 2.62. The van der Waals surface area contributed by atoms with Crippen LogP contribution in [0.15, 0.2) is 0 Å². The van der Waals surface area contributed by atoms with Gasteiger partial charge in [-0.2, -0.15) is 0 Å². The lowest BCUT2D eigenvalue weighted by Crippen LogP contribution is -2.21. The van der Waals surface area contributed by atoms with Gasteiger partial charge in [-0.1, -0.05) is 33.6 Å². The Labute approximate surface area is 83.1 Å². The van der Waals surface area contributed by atoms with E-state index in [2.05, 4.69) is 20.8 Å². The smallest absolute Gasteiger partial charge is 0.0357 e. The summed E-state index contributed by atoms with van der Waals surface area (Å²) >= 11 is 0. The van der Waals surface area contributed by atoms with Crippen LogP contribution >= 0.6 is 0 Å². The van der Waals surface area contributed by atoms with E-state index >= 15 is 0 Å². The van der Waals surface area contributed by atoms with Gasteiger partial charge in [-0.05, 0) is 48.9 Å². The molecule has 0 radical (unpaired) electrons. The first-order valence-corrected chi connectivity index (χ1v) is 6.22. The first kappa shape index (κ1) is 9.55. The SMILES string of the molecule is CCCC(C)C1CC2CC1CC2C. The van der Waals surface area contributed by atoms with E-state index in [1.807, 2.05) is 0 Å². The molecule has 5 atom stereocenters. The van der Waals surface area contributed by atoms with E-state index in [4.69, 9.17) is 0 Å². The van der Waals surface area contributed by atoms with Crippen molar-refractivity contribution >= 4 is 0 Å². The molecule has 0 aliphatic heterocycles. The minimum atomic E-state index is 1.01. The largest absolute Gasteiger partial charge is 0.0654 e. The molecular weight excluding hydrogens is 156 g/mol. The molecule has 0 N–H and O–H groups in total. The summed E-state index contributed by atoms with van der Waals surface area (Å²) in [6, 6.07) is 0. The van der Waals surface area contributed by atoms with Crippen molar-refractivity contribution in [1.29, 1.82) is 0 Å². The summed E-state index contributed by atoms with van der Waals surface area (Å²) in [6.45, 7) is 7.28. The molecule has 2 rings (SSSR count). The second kappa shape index (κ2) is 3.63. The minimum Gasteiger partial charge on any atom is -0.0654 e. The minimum absolute atomic E-state index is 1.01. The van der Waals surface area contributed by atoms with Crippen LogP contribution in [-0.2, 0) is 0 Å². The number of rotatable bonds is 3. The highest BCUT2D eigenvalue weighted by atomic mass is 14.5. The van der Waals surface area contributed by atoms with Crippen molar-refractivity contribution < 1.29 is 0 Å². The summed E-state index contributed by atoms with van der Waals surface area (Å²) < 4.78 is 0. The van der Waals surface area contributed by atoms with Crippen molar-refractivity contribution in [2.75, 3.05) is 0 Å². The van der Waals surface area contributed by atoms with Crippen LogP contribution in [0.1, 0.15) is 52.9 Å². The van der Waals surface area contributed by atoms with Crippen LogP contribution < -0.4 is 0 Å². The Balaban J connectivity index is 1.91. The fraction of sp³-hybridized carbons (Fsp3) is 1.00. The summed E-state index contributed by atoms with van der Waals surface area (Å²) in [5, 5.41) is 0. The average molecular weight is 180 g/mol. The molecule has 0 nitrogen and oxygen atoms in total. The van der Waals surface area contributed by atoms with Crippen LogP contribution in [0, 0.1) is 29.6 Å². The molecule has 0 saturated heterocycles. The lowest BCUT2D eigenvalue weighted by Gasteiger charge is -2.30. The van der Waals surface area contributed by atoms with E-state index in [1.54, 1.807) is 19.3 Å². The number of hydrogen-bond acceptors (Lipinski definition) is 0. The maximum Gasteiger partial charge on any atom is -0.0357 e. The Hall–Kier alpha value is 0. The maximum atomic E-state index is 2.49. The third-order valence-corrected chi connectivity index (χ3v) is 4.74. The Morgan fingerprint density at radius 2 is 1.92 bits per heavy atom. The molecule has 2 saturated carbocycles. The predicted molar refractivity (Wildman–Crippen MR) is 57.6 cm³/mol. The molecule has 0 heterocycles. The van der Waals surface area contributed by atoms with Crippen molar-refractivity contribution in [3.05, 3.63) is 0 Å². The highest BCUT2D eigenvalue weighted by Crippen LogP contribution is 2.54. The van der Waals surface area contributed by atoms with Crippen LogP contribution in [0.25, 0.3) is 0 Å². The van der Waals surface area contributed by atoms with E-state index in [0.717, 1.165) is 29.6 Å². The van der Waals surface area contributed by atoms with Crippen LogP contribution in [0.3, 0.4) is 0 Å². The second-order valence-electron chi connectivity index (χ2n) is 5.63. The zero-order valence-electron chi connectivity index (χ0n) is 9.42. The van der Waals surface area contributed by atoms with Crippen molar-refractivity contribution in [1.82, 2.24) is 0 Å². The normalized spacial score (nSPS) is 45.5. The maximum absolute atomic E-state index is 2.49. The summed E-state index contributed by atoms with van der Waals surface area (Å²) in [6.07, 6.45) is 7.52. The fourth-order valence-electron chi connectivity index (χ4n) is 3.97. The lowest BCUT2D eigenvalue weighted by atomic mass is 9.75. The summed E-state index contributed by atoms with van der Waals surface area (Å²) in [7, 11) is 0. The van der Waals surface area contributed by atoms with Gasteiger partial charge in [0, 0.05) is 0 Å². The first-order valence-electron chi connectivity index (χ1n) is 6.22. The van der Waals surface area contributed by atoms with Crippen molar-refractivity contribution in [3.8, 4) is 0 Å². The number of fused-ring (bicyclic) bond motifs is 2. The van der Waals surface area contributed by atoms with E-state index in [-0.39, 0.29) is 0 Å². The second-order valence-corrected chi connectivity index (χ2v) is 5.63. The van der Waals surface area contributed by atoms with E-state index in [0.29, 0.717) is 0 Å². The third kappa shape index (κ3) is 1.65. The molecule has 2 fully saturated rings. The molecule has 13 heavy (non-hydrogen) atoms. The highest BCUT2D eigenvalue weighted by Gasteiger charge is 2.45. The molecule has 5 unspecified atom stereocenters. The van der Waals surface area contributed by atoms with Gasteiger partial charge < -0.3 is 0 Å². The topological polar surface area (TPSA) is 0 Å². The van der Waals surface area contributed by atoms with Crippen molar-refractivity contribution in [2.24, 2.45) is 29.6 Å². The highest BCUT2D eigenvalue weighted by molar-refractivity contribution is 4.94. The van der Waals surface area contributed by atoms with Gasteiger partial charge in [-0.15, -0.1) is 0 Å². The van der Waals surface area contributed by atoms with Crippen LogP contribution in [0.2, 0.25) is 0 Å². The van der Waals surface area contributed by atoms with Gasteiger partial charge in [0.2, 0.25) is 0 Å². The molecule has 0 aromatic heterocycles. The number of hydrogen-bond donors (Lipinski definition) is 0. The van der Waals surface area contributed by atoms with Gasteiger partial charge in [0.15, 0.2) is 0 Å². The van der Waals surface area contributed by atoms with E-state index in [1.165, 1.54) is 12.8 Å². The van der Waals surface area contributed by atoms with Crippen LogP contribution in [0.5, 0.6) is 0 Å². The molecule has 0 aromatic rings. The molecule has 0 spiro atoms. The quantitative estimate of drug-likeness (QED) is 0.613. The summed E-state index contributed by atoms with van der Waals surface area (Å²) in [4.78, 5) is 0. The molecule has 76 valence electrons. The van der Waals surface area contributed by atoms with Crippen LogP contribution in [0.4, 0.5) is 0 Å². The zero-order valence-corrected chi connectivity index (χ0v) is 9.42. The first-order chi connectivity index (χ1) is 6.22. The molecule has 0 heteroatoms. The predicted octanol–water partition coefficient (Wildman–Crippen LogP) is 4.10. The summed E-state index contributed by atoms with van der Waals surface area (Å²) in [5.74, 6) is 5.37. The Morgan fingerprint density at radius 3 is 2.38 bits per heavy atom. The van der Waals surface area contributed by atoms with Gasteiger partial charge in [0.25, 0.3) is 0 Å². The molecule has 0 aromatic carbocycles. The van der Waals surface area contributed by atoms with Gasteiger partial charge >= 0.3 is 0 Å². The standard InChI is InChI=1S/C13H24/c1-4-5-9(2)13-8-11-7-12(13)6-10(11)3/h9-13H,4-8H2,1-3H3. The van der Waals surface area contributed by atoms with E-state index in [9.17, 15) is 0 Å².